The van der Waals surface area contributed by atoms with Crippen molar-refractivity contribution in [1.29, 1.82) is 0 Å². The van der Waals surface area contributed by atoms with Gasteiger partial charge < -0.3 is 11.1 Å². The average molecular weight is 351 g/mol. The first-order valence-electron chi connectivity index (χ1n) is 6.50. The van der Waals surface area contributed by atoms with Gasteiger partial charge in [-0.1, -0.05) is 28.1 Å². The van der Waals surface area contributed by atoms with Crippen molar-refractivity contribution >= 4 is 27.5 Å². The van der Waals surface area contributed by atoms with Crippen LogP contribution in [0.4, 0.5) is 10.1 Å². The van der Waals surface area contributed by atoms with Gasteiger partial charge in [-0.05, 0) is 49.2 Å². The van der Waals surface area contributed by atoms with Gasteiger partial charge in [0.2, 0.25) is 0 Å². The predicted molar refractivity (Wildman–Crippen MR) is 85.6 cm³/mol. The Balaban J connectivity index is 2.20. The number of hydrogen-bond acceptors (Lipinski definition) is 2. The largest absolute Gasteiger partial charge is 0.398 e. The maximum atomic E-state index is 12.9. The number of rotatable bonds is 3. The number of amides is 1. The standard InChI is InChI=1S/C16H16BrFN2O/c1-9-14(7-12(17)8-15(9)19)16(21)20-10(2)11-3-5-13(18)6-4-11/h3-8,10H,19H2,1-2H3,(H,20,21). The number of benzene rings is 2. The van der Waals surface area contributed by atoms with E-state index in [4.69, 9.17) is 5.73 Å². The quantitative estimate of drug-likeness (QED) is 0.823. The van der Waals surface area contributed by atoms with Crippen molar-refractivity contribution < 1.29 is 9.18 Å². The number of nitrogen functional groups attached to an aromatic ring is 1. The van der Waals surface area contributed by atoms with E-state index in [1.165, 1.54) is 12.1 Å². The van der Waals surface area contributed by atoms with E-state index in [-0.39, 0.29) is 17.8 Å². The molecule has 0 fully saturated rings. The van der Waals surface area contributed by atoms with Gasteiger partial charge in [-0.25, -0.2) is 4.39 Å². The van der Waals surface area contributed by atoms with E-state index in [0.29, 0.717) is 11.3 Å². The molecule has 0 aliphatic carbocycles. The summed E-state index contributed by atoms with van der Waals surface area (Å²) in [4.78, 5) is 12.4. The van der Waals surface area contributed by atoms with Crippen LogP contribution in [0.5, 0.6) is 0 Å². The lowest BCUT2D eigenvalue weighted by Crippen LogP contribution is -2.27. The molecule has 0 saturated heterocycles. The Kier molecular flexibility index (Phi) is 4.63. The summed E-state index contributed by atoms with van der Waals surface area (Å²) in [5.41, 5.74) is 8.53. The molecule has 3 nitrogen and oxygen atoms in total. The van der Waals surface area contributed by atoms with Gasteiger partial charge in [-0.15, -0.1) is 0 Å². The van der Waals surface area contributed by atoms with Crippen molar-refractivity contribution in [2.75, 3.05) is 5.73 Å². The number of anilines is 1. The van der Waals surface area contributed by atoms with E-state index in [9.17, 15) is 9.18 Å². The maximum Gasteiger partial charge on any atom is 0.252 e. The van der Waals surface area contributed by atoms with Gasteiger partial charge in [0.25, 0.3) is 5.91 Å². The van der Waals surface area contributed by atoms with Crippen LogP contribution >= 0.6 is 15.9 Å². The van der Waals surface area contributed by atoms with Crippen molar-refractivity contribution in [3.05, 3.63) is 63.4 Å². The Morgan fingerprint density at radius 1 is 1.29 bits per heavy atom. The minimum absolute atomic E-state index is 0.211. The van der Waals surface area contributed by atoms with Crippen LogP contribution in [0.25, 0.3) is 0 Å². The molecule has 5 heteroatoms. The SMILES string of the molecule is Cc1c(N)cc(Br)cc1C(=O)NC(C)c1ccc(F)cc1. The smallest absolute Gasteiger partial charge is 0.252 e. The molecule has 0 radical (unpaired) electrons. The van der Waals surface area contributed by atoms with Crippen LogP contribution < -0.4 is 11.1 Å². The number of hydrogen-bond donors (Lipinski definition) is 2. The summed E-state index contributed by atoms with van der Waals surface area (Å²) in [5.74, 6) is -0.509. The highest BCUT2D eigenvalue weighted by atomic mass is 79.9. The zero-order chi connectivity index (χ0) is 15.6. The molecule has 1 amide bonds. The van der Waals surface area contributed by atoms with Crippen molar-refractivity contribution in [3.63, 3.8) is 0 Å². The Morgan fingerprint density at radius 2 is 1.90 bits per heavy atom. The summed E-state index contributed by atoms with van der Waals surface area (Å²) in [5, 5.41) is 2.89. The molecule has 2 aromatic rings. The van der Waals surface area contributed by atoms with Gasteiger partial charge in [0.1, 0.15) is 5.82 Å². The summed E-state index contributed by atoms with van der Waals surface area (Å²) in [6.07, 6.45) is 0. The first-order valence-corrected chi connectivity index (χ1v) is 7.29. The minimum Gasteiger partial charge on any atom is -0.398 e. The van der Waals surface area contributed by atoms with Crippen molar-refractivity contribution in [2.45, 2.75) is 19.9 Å². The summed E-state index contributed by atoms with van der Waals surface area (Å²) >= 11 is 3.33. The van der Waals surface area contributed by atoms with Gasteiger partial charge in [-0.2, -0.15) is 0 Å². The first kappa shape index (κ1) is 15.5. The Morgan fingerprint density at radius 3 is 2.52 bits per heavy atom. The fraction of sp³-hybridized carbons (Fsp3) is 0.188. The number of nitrogens with one attached hydrogen (secondary N) is 1. The fourth-order valence-electron chi connectivity index (χ4n) is 2.05. The molecular formula is C16H16BrFN2O. The lowest BCUT2D eigenvalue weighted by atomic mass is 10.0. The van der Waals surface area contributed by atoms with Crippen LogP contribution in [0.15, 0.2) is 40.9 Å². The van der Waals surface area contributed by atoms with Crippen molar-refractivity contribution in [2.24, 2.45) is 0 Å². The molecule has 2 aromatic carbocycles. The molecule has 3 N–H and O–H groups in total. The first-order chi connectivity index (χ1) is 9.88. The van der Waals surface area contributed by atoms with Gasteiger partial charge in [0, 0.05) is 15.7 Å². The normalized spacial score (nSPS) is 12.0. The third kappa shape index (κ3) is 3.61. The van der Waals surface area contributed by atoms with Crippen LogP contribution in [-0.2, 0) is 0 Å². The van der Waals surface area contributed by atoms with E-state index in [2.05, 4.69) is 21.2 Å². The molecule has 0 aliphatic rings. The van der Waals surface area contributed by atoms with Crippen LogP contribution in [0.2, 0.25) is 0 Å². The highest BCUT2D eigenvalue weighted by Crippen LogP contribution is 2.23. The molecule has 0 aromatic heterocycles. The summed E-state index contributed by atoms with van der Waals surface area (Å²) in [7, 11) is 0. The molecule has 110 valence electrons. The second-order valence-corrected chi connectivity index (χ2v) is 5.83. The molecular weight excluding hydrogens is 335 g/mol. The summed E-state index contributed by atoms with van der Waals surface area (Å²) < 4.78 is 13.7. The lowest BCUT2D eigenvalue weighted by Gasteiger charge is -2.16. The summed E-state index contributed by atoms with van der Waals surface area (Å²) in [6.45, 7) is 3.65. The molecule has 2 rings (SSSR count). The topological polar surface area (TPSA) is 55.1 Å². The highest BCUT2D eigenvalue weighted by Gasteiger charge is 2.15. The Labute approximate surface area is 131 Å². The second-order valence-electron chi connectivity index (χ2n) is 4.91. The van der Waals surface area contributed by atoms with Crippen molar-refractivity contribution in [1.82, 2.24) is 5.32 Å². The third-order valence-electron chi connectivity index (χ3n) is 3.37. The lowest BCUT2D eigenvalue weighted by molar-refractivity contribution is 0.0939. The molecule has 1 atom stereocenters. The van der Waals surface area contributed by atoms with E-state index in [1.54, 1.807) is 31.2 Å². The van der Waals surface area contributed by atoms with Crippen LogP contribution in [0.3, 0.4) is 0 Å². The van der Waals surface area contributed by atoms with Gasteiger partial charge in [0.15, 0.2) is 0 Å². The zero-order valence-corrected chi connectivity index (χ0v) is 13.4. The van der Waals surface area contributed by atoms with Crippen molar-refractivity contribution in [3.8, 4) is 0 Å². The molecule has 0 aliphatic heterocycles. The zero-order valence-electron chi connectivity index (χ0n) is 11.8. The van der Waals surface area contributed by atoms with Crippen LogP contribution in [0, 0.1) is 12.7 Å². The van der Waals surface area contributed by atoms with Gasteiger partial charge >= 0.3 is 0 Å². The fourth-order valence-corrected chi connectivity index (χ4v) is 2.52. The molecule has 21 heavy (non-hydrogen) atoms. The van der Waals surface area contributed by atoms with Crippen LogP contribution in [-0.4, -0.2) is 5.91 Å². The highest BCUT2D eigenvalue weighted by molar-refractivity contribution is 9.10. The van der Waals surface area contributed by atoms with E-state index in [0.717, 1.165) is 15.6 Å². The molecule has 0 saturated carbocycles. The molecule has 0 spiro atoms. The van der Waals surface area contributed by atoms with E-state index >= 15 is 0 Å². The monoisotopic (exact) mass is 350 g/mol. The summed E-state index contributed by atoms with van der Waals surface area (Å²) in [6, 6.07) is 9.33. The number of carbonyl (C=O) groups is 1. The van der Waals surface area contributed by atoms with Gasteiger partial charge in [-0.3, -0.25) is 4.79 Å². The minimum atomic E-state index is -0.298. The Hall–Kier alpha value is -1.88. The predicted octanol–water partition coefficient (Wildman–Crippen LogP) is 3.97. The van der Waals surface area contributed by atoms with E-state index < -0.39 is 0 Å². The third-order valence-corrected chi connectivity index (χ3v) is 3.83. The number of halogens is 2. The Bertz CT molecular complexity index is 671. The molecule has 1 unspecified atom stereocenters. The number of nitrogens with two attached hydrogens (primary N) is 1. The van der Waals surface area contributed by atoms with Gasteiger partial charge in [0.05, 0.1) is 6.04 Å². The van der Waals surface area contributed by atoms with E-state index in [1.807, 2.05) is 6.92 Å². The second kappa shape index (κ2) is 6.26. The maximum absolute atomic E-state index is 12.9. The number of carbonyl (C=O) groups excluding carboxylic acids is 1. The molecule has 0 heterocycles. The average Bonchev–Trinajstić information content (AvgIpc) is 2.43. The van der Waals surface area contributed by atoms with Crippen LogP contribution in [0.1, 0.15) is 34.5 Å². The molecule has 0 bridgehead atoms.